The van der Waals surface area contributed by atoms with Gasteiger partial charge in [-0.25, -0.2) is 0 Å². The summed E-state index contributed by atoms with van der Waals surface area (Å²) in [6, 6.07) is 0. The predicted molar refractivity (Wildman–Crippen MR) is 130 cm³/mol. The Morgan fingerprint density at radius 2 is 1.46 bits per heavy atom. The van der Waals surface area contributed by atoms with Crippen LogP contribution in [0.1, 0.15) is 74.7 Å². The maximum absolute atomic E-state index is 13.7. The van der Waals surface area contributed by atoms with E-state index in [9.17, 15) is 24.0 Å². The first-order valence-corrected chi connectivity index (χ1v) is 12.9. The average Bonchev–Trinajstić information content (AvgIpc) is 2.80. The molecule has 9 atom stereocenters. The van der Waals surface area contributed by atoms with Gasteiger partial charge in [0.15, 0.2) is 11.9 Å². The maximum Gasteiger partial charge on any atom is 0.311 e. The van der Waals surface area contributed by atoms with Crippen LogP contribution < -0.4 is 0 Å². The van der Waals surface area contributed by atoms with Crippen LogP contribution in [0, 0.1) is 34.0 Å². The van der Waals surface area contributed by atoms with E-state index in [0.29, 0.717) is 12.0 Å². The SMILES string of the molecule is C=C1C[C@H]2[C@@]3(C)[C@@H](OC(C)=O)CC(=O)OC(C)(C)[C@H]3C[C@@H](OC(C)=O)[C@@]2(C)[C@@H]2C(=O)O[C@@H](C)C(=O)[C@]12C. The Kier molecular flexibility index (Phi) is 6.20. The molecule has 0 aromatic heterocycles. The third kappa shape index (κ3) is 3.67. The lowest BCUT2D eigenvalue weighted by Gasteiger charge is -2.68. The normalized spacial score (nSPS) is 44.8. The van der Waals surface area contributed by atoms with Gasteiger partial charge >= 0.3 is 23.9 Å². The third-order valence-corrected chi connectivity index (χ3v) is 10.1. The smallest absolute Gasteiger partial charge is 0.311 e. The second-order valence-electron chi connectivity index (χ2n) is 12.4. The molecule has 0 bridgehead atoms. The van der Waals surface area contributed by atoms with Crippen molar-refractivity contribution in [2.75, 3.05) is 0 Å². The number of cyclic esters (lactones) is 2. The zero-order chi connectivity index (χ0) is 27.9. The average molecular weight is 519 g/mol. The highest BCUT2D eigenvalue weighted by Gasteiger charge is 2.75. The Balaban J connectivity index is 2.01. The predicted octanol–water partition coefficient (Wildman–Crippen LogP) is 3.32. The Labute approximate surface area is 217 Å². The third-order valence-electron chi connectivity index (χ3n) is 10.1. The highest BCUT2D eigenvalue weighted by Crippen LogP contribution is 2.71. The molecule has 2 heterocycles. The van der Waals surface area contributed by atoms with Gasteiger partial charge in [0.05, 0.1) is 17.8 Å². The fourth-order valence-electron chi connectivity index (χ4n) is 8.50. The van der Waals surface area contributed by atoms with E-state index < -0.39 is 81.8 Å². The van der Waals surface area contributed by atoms with Crippen LogP contribution in [0.25, 0.3) is 0 Å². The van der Waals surface area contributed by atoms with Crippen molar-refractivity contribution in [3.05, 3.63) is 12.2 Å². The van der Waals surface area contributed by atoms with Gasteiger partial charge in [-0.1, -0.05) is 26.0 Å². The van der Waals surface area contributed by atoms with E-state index >= 15 is 0 Å². The highest BCUT2D eigenvalue weighted by molar-refractivity contribution is 6.00. The number of esters is 4. The van der Waals surface area contributed by atoms with Gasteiger partial charge in [0.2, 0.25) is 0 Å². The van der Waals surface area contributed by atoms with Gasteiger partial charge in [-0.15, -0.1) is 0 Å². The molecule has 37 heavy (non-hydrogen) atoms. The van der Waals surface area contributed by atoms with Gasteiger partial charge in [0.1, 0.15) is 17.8 Å². The molecule has 2 aliphatic heterocycles. The number of carbonyl (C=O) groups excluding carboxylic acids is 5. The van der Waals surface area contributed by atoms with E-state index in [2.05, 4.69) is 6.58 Å². The fourth-order valence-corrected chi connectivity index (χ4v) is 8.50. The Hall–Kier alpha value is -2.71. The van der Waals surface area contributed by atoms with Crippen LogP contribution in [0.3, 0.4) is 0 Å². The topological polar surface area (TPSA) is 122 Å². The standard InChI is InChI=1S/C28H38O9/c1-13-10-18-27(8)17(25(5,6)37-21(31)12-20(27)36-16(4)30)11-19(35-15(3)29)28(18,9)22-24(33)34-14(2)23(32)26(13,22)7/h14,17-20,22H,1,10-12H2,2-9H3/t14-,17+,18-,19+,20-,22+,26+,27-,28-/m0/s1. The zero-order valence-electron chi connectivity index (χ0n) is 23.0. The molecule has 0 aromatic rings. The lowest BCUT2D eigenvalue weighted by atomic mass is 9.36. The van der Waals surface area contributed by atoms with Crippen molar-refractivity contribution in [3.63, 3.8) is 0 Å². The number of rotatable bonds is 2. The lowest BCUT2D eigenvalue weighted by molar-refractivity contribution is -0.257. The molecule has 2 aliphatic carbocycles. The van der Waals surface area contributed by atoms with E-state index in [1.165, 1.54) is 13.8 Å². The molecule has 9 nitrogen and oxygen atoms in total. The van der Waals surface area contributed by atoms with Crippen molar-refractivity contribution >= 4 is 29.7 Å². The van der Waals surface area contributed by atoms with Crippen LogP contribution in [0.2, 0.25) is 0 Å². The van der Waals surface area contributed by atoms with Gasteiger partial charge in [0, 0.05) is 30.6 Å². The molecule has 2 saturated carbocycles. The first kappa shape index (κ1) is 27.3. The summed E-state index contributed by atoms with van der Waals surface area (Å²) in [6.45, 7) is 17.6. The van der Waals surface area contributed by atoms with Gasteiger partial charge in [-0.3, -0.25) is 24.0 Å². The van der Waals surface area contributed by atoms with Crippen LogP contribution in [0.4, 0.5) is 0 Å². The monoisotopic (exact) mass is 518 g/mol. The molecule has 4 fully saturated rings. The number of ether oxygens (including phenoxy) is 4. The van der Waals surface area contributed by atoms with Crippen molar-refractivity contribution < 1.29 is 42.9 Å². The minimum atomic E-state index is -1.23. The quantitative estimate of drug-likeness (QED) is 0.308. The molecule has 204 valence electrons. The number of carbonyl (C=O) groups is 5. The number of hydrogen-bond donors (Lipinski definition) is 0. The summed E-state index contributed by atoms with van der Waals surface area (Å²) in [5.74, 6) is -4.23. The molecule has 9 heteroatoms. The summed E-state index contributed by atoms with van der Waals surface area (Å²) >= 11 is 0. The van der Waals surface area contributed by atoms with Crippen LogP contribution in [0.15, 0.2) is 12.2 Å². The molecule has 0 aromatic carbocycles. The second kappa shape index (κ2) is 8.40. The van der Waals surface area contributed by atoms with E-state index in [0.717, 1.165) is 0 Å². The Bertz CT molecular complexity index is 1090. The highest BCUT2D eigenvalue weighted by atomic mass is 16.6. The Morgan fingerprint density at radius 1 is 0.892 bits per heavy atom. The first-order valence-electron chi connectivity index (χ1n) is 12.9. The molecule has 4 aliphatic rings. The Morgan fingerprint density at radius 3 is 2.03 bits per heavy atom. The summed E-state index contributed by atoms with van der Waals surface area (Å²) in [4.78, 5) is 64.8. The summed E-state index contributed by atoms with van der Waals surface area (Å²) < 4.78 is 23.2. The summed E-state index contributed by atoms with van der Waals surface area (Å²) in [5, 5.41) is 0. The van der Waals surface area contributed by atoms with Gasteiger partial charge in [-0.2, -0.15) is 0 Å². The number of Topliss-reactive ketones (excluding diaryl/α,β-unsaturated/α-hetero) is 1. The van der Waals surface area contributed by atoms with Crippen molar-refractivity contribution in [2.45, 2.75) is 98.6 Å². The van der Waals surface area contributed by atoms with Crippen molar-refractivity contribution in [3.8, 4) is 0 Å². The molecule has 0 N–H and O–H groups in total. The number of allylic oxidation sites excluding steroid dienone is 1. The number of ketones is 1. The molecule has 0 unspecified atom stereocenters. The van der Waals surface area contributed by atoms with Crippen LogP contribution >= 0.6 is 0 Å². The second-order valence-corrected chi connectivity index (χ2v) is 12.4. The van der Waals surface area contributed by atoms with E-state index in [1.807, 2.05) is 13.8 Å². The van der Waals surface area contributed by atoms with Gasteiger partial charge in [-0.05, 0) is 46.5 Å². The first-order chi connectivity index (χ1) is 16.9. The van der Waals surface area contributed by atoms with E-state index in [4.69, 9.17) is 18.9 Å². The van der Waals surface area contributed by atoms with Crippen LogP contribution in [0.5, 0.6) is 0 Å². The molecule has 0 spiro atoms. The molecule has 4 rings (SSSR count). The molecular weight excluding hydrogens is 480 g/mol. The summed E-state index contributed by atoms with van der Waals surface area (Å²) in [6.07, 6.45) is -2.21. The molecule has 0 amide bonds. The van der Waals surface area contributed by atoms with E-state index in [-0.39, 0.29) is 18.6 Å². The maximum atomic E-state index is 13.7. The summed E-state index contributed by atoms with van der Waals surface area (Å²) in [7, 11) is 0. The van der Waals surface area contributed by atoms with E-state index in [1.54, 1.807) is 27.7 Å². The minimum absolute atomic E-state index is 0.157. The minimum Gasteiger partial charge on any atom is -0.462 e. The van der Waals surface area contributed by atoms with Crippen molar-refractivity contribution in [1.82, 2.24) is 0 Å². The number of hydrogen-bond acceptors (Lipinski definition) is 9. The van der Waals surface area contributed by atoms with Crippen molar-refractivity contribution in [1.29, 1.82) is 0 Å². The zero-order valence-corrected chi connectivity index (χ0v) is 23.0. The van der Waals surface area contributed by atoms with Gasteiger partial charge in [0.25, 0.3) is 0 Å². The van der Waals surface area contributed by atoms with Crippen LogP contribution in [-0.2, 0) is 42.9 Å². The lowest BCUT2D eigenvalue weighted by Crippen LogP contribution is -2.72. The fraction of sp³-hybridized carbons (Fsp3) is 0.750. The van der Waals surface area contributed by atoms with Gasteiger partial charge < -0.3 is 18.9 Å². The molecule has 2 saturated heterocycles. The molecular formula is C28H38O9. The van der Waals surface area contributed by atoms with Crippen molar-refractivity contribution in [2.24, 2.45) is 34.0 Å². The largest absolute Gasteiger partial charge is 0.462 e. The number of fused-ring (bicyclic) bond motifs is 5. The molecule has 0 radical (unpaired) electrons. The summed E-state index contributed by atoms with van der Waals surface area (Å²) in [5.41, 5.74) is -3.65. The van der Waals surface area contributed by atoms with Crippen LogP contribution in [-0.4, -0.2) is 53.6 Å².